The fourth-order valence-electron chi connectivity index (χ4n) is 2.76. The van der Waals surface area contributed by atoms with Gasteiger partial charge in [0.05, 0.1) is 6.04 Å². The molecule has 1 aliphatic rings. The Morgan fingerprint density at radius 2 is 1.95 bits per heavy atom. The van der Waals surface area contributed by atoms with Crippen LogP contribution >= 0.6 is 11.6 Å². The van der Waals surface area contributed by atoms with Crippen molar-refractivity contribution in [2.24, 2.45) is 5.92 Å². The van der Waals surface area contributed by atoms with Gasteiger partial charge in [-0.2, -0.15) is 0 Å². The highest BCUT2D eigenvalue weighted by Gasteiger charge is 2.27. The first-order valence-corrected chi connectivity index (χ1v) is 7.52. The van der Waals surface area contributed by atoms with Crippen molar-refractivity contribution in [1.82, 2.24) is 4.90 Å². The molecule has 1 aromatic rings. The molecule has 2 rings (SSSR count). The van der Waals surface area contributed by atoms with Crippen LogP contribution in [0.4, 0.5) is 0 Å². The first-order valence-electron chi connectivity index (χ1n) is 7.14. The van der Waals surface area contributed by atoms with Gasteiger partial charge in [-0.15, -0.1) is 0 Å². The molecule has 0 bridgehead atoms. The van der Waals surface area contributed by atoms with Crippen molar-refractivity contribution in [3.05, 3.63) is 34.9 Å². The quantitative estimate of drug-likeness (QED) is 0.781. The number of benzene rings is 1. The molecule has 3 nitrogen and oxygen atoms in total. The topological polar surface area (TPSA) is 29.5 Å². The average Bonchev–Trinajstić information content (AvgIpc) is 2.48. The highest BCUT2D eigenvalue weighted by molar-refractivity contribution is 6.30. The first kappa shape index (κ1) is 15.5. The van der Waals surface area contributed by atoms with E-state index in [4.69, 9.17) is 16.3 Å². The molecule has 0 amide bonds. The summed E-state index contributed by atoms with van der Waals surface area (Å²) in [6, 6.07) is 7.08. The zero-order valence-corrected chi connectivity index (χ0v) is 12.9. The lowest BCUT2D eigenvalue weighted by atomic mass is 9.95. The van der Waals surface area contributed by atoms with Gasteiger partial charge >= 0.3 is 0 Å². The molecule has 0 aromatic heterocycles. The van der Waals surface area contributed by atoms with E-state index in [1.807, 2.05) is 6.92 Å². The number of Topliss-reactive ketones (excluding diaryl/α,β-unsaturated/α-hetero) is 1. The Hall–Kier alpha value is -0.900. The molecule has 0 saturated carbocycles. The van der Waals surface area contributed by atoms with Crippen LogP contribution in [0.1, 0.15) is 30.1 Å². The molecule has 20 heavy (non-hydrogen) atoms. The van der Waals surface area contributed by atoms with Crippen LogP contribution in [-0.4, -0.2) is 43.5 Å². The lowest BCUT2D eigenvalue weighted by Crippen LogP contribution is -2.44. The van der Waals surface area contributed by atoms with Crippen molar-refractivity contribution < 1.29 is 9.53 Å². The first-order chi connectivity index (χ1) is 9.61. The fourth-order valence-corrected chi connectivity index (χ4v) is 2.89. The second-order valence-corrected chi connectivity index (χ2v) is 5.92. The van der Waals surface area contributed by atoms with Crippen LogP contribution < -0.4 is 0 Å². The number of nitrogens with zero attached hydrogens (tertiary/aromatic N) is 1. The maximum absolute atomic E-state index is 12.5. The van der Waals surface area contributed by atoms with Crippen LogP contribution in [0.3, 0.4) is 0 Å². The smallest absolute Gasteiger partial charge is 0.179 e. The third kappa shape index (κ3) is 3.81. The lowest BCUT2D eigenvalue weighted by molar-refractivity contribution is 0.0661. The Bertz CT molecular complexity index is 438. The van der Waals surface area contributed by atoms with Crippen LogP contribution in [-0.2, 0) is 4.74 Å². The van der Waals surface area contributed by atoms with Gasteiger partial charge in [0, 0.05) is 24.3 Å². The van der Waals surface area contributed by atoms with Crippen LogP contribution in [0.25, 0.3) is 0 Å². The number of piperidine rings is 1. The summed E-state index contributed by atoms with van der Waals surface area (Å²) in [5.41, 5.74) is 0.737. The van der Waals surface area contributed by atoms with E-state index in [0.717, 1.165) is 38.1 Å². The van der Waals surface area contributed by atoms with Crippen LogP contribution in [0, 0.1) is 5.92 Å². The Morgan fingerprint density at radius 1 is 1.35 bits per heavy atom. The van der Waals surface area contributed by atoms with Crippen molar-refractivity contribution in [2.45, 2.75) is 25.8 Å². The van der Waals surface area contributed by atoms with E-state index >= 15 is 0 Å². The van der Waals surface area contributed by atoms with Crippen molar-refractivity contribution in [1.29, 1.82) is 0 Å². The predicted octanol–water partition coefficient (Wildman–Crippen LogP) is 3.27. The molecule has 0 spiro atoms. The average molecular weight is 296 g/mol. The summed E-state index contributed by atoms with van der Waals surface area (Å²) in [7, 11) is 1.75. The van der Waals surface area contributed by atoms with Gasteiger partial charge in [-0.3, -0.25) is 9.69 Å². The second-order valence-electron chi connectivity index (χ2n) is 5.48. The molecular formula is C16H22ClNO2. The van der Waals surface area contributed by atoms with Gasteiger partial charge in [-0.05, 0) is 63.0 Å². The third-order valence-corrected chi connectivity index (χ3v) is 4.36. The number of halogens is 1. The Morgan fingerprint density at radius 3 is 2.50 bits per heavy atom. The summed E-state index contributed by atoms with van der Waals surface area (Å²) in [4.78, 5) is 14.7. The highest BCUT2D eigenvalue weighted by atomic mass is 35.5. The second kappa shape index (κ2) is 7.21. The molecule has 1 aromatic carbocycles. The summed E-state index contributed by atoms with van der Waals surface area (Å²) in [6.45, 7) is 4.75. The largest absolute Gasteiger partial charge is 0.384 e. The SMILES string of the molecule is COCC1CCN(C(C)C(=O)c2ccc(Cl)cc2)CC1. The molecule has 1 saturated heterocycles. The number of carbonyl (C=O) groups excluding carboxylic acids is 1. The Labute approximate surface area is 125 Å². The predicted molar refractivity (Wildman–Crippen MR) is 81.4 cm³/mol. The number of ketones is 1. The normalized spacial score (nSPS) is 18.9. The van der Waals surface area contributed by atoms with Crippen LogP contribution in [0.15, 0.2) is 24.3 Å². The van der Waals surface area contributed by atoms with E-state index in [9.17, 15) is 4.79 Å². The van der Waals surface area contributed by atoms with Crippen molar-refractivity contribution in [2.75, 3.05) is 26.8 Å². The van der Waals surface area contributed by atoms with Crippen molar-refractivity contribution in [3.8, 4) is 0 Å². The van der Waals surface area contributed by atoms with Crippen LogP contribution in [0.2, 0.25) is 5.02 Å². The molecule has 1 heterocycles. The van der Waals surface area contributed by atoms with Gasteiger partial charge in [0.1, 0.15) is 0 Å². The van der Waals surface area contributed by atoms with E-state index < -0.39 is 0 Å². The van der Waals surface area contributed by atoms with E-state index in [-0.39, 0.29) is 11.8 Å². The van der Waals surface area contributed by atoms with Gasteiger partial charge in [0.25, 0.3) is 0 Å². The van der Waals surface area contributed by atoms with Crippen molar-refractivity contribution in [3.63, 3.8) is 0 Å². The summed E-state index contributed by atoms with van der Waals surface area (Å²) in [5.74, 6) is 0.806. The fraction of sp³-hybridized carbons (Fsp3) is 0.562. The molecule has 0 aliphatic carbocycles. The van der Waals surface area contributed by atoms with E-state index in [2.05, 4.69) is 4.90 Å². The summed E-state index contributed by atoms with van der Waals surface area (Å²) < 4.78 is 5.21. The van der Waals surface area contributed by atoms with E-state index in [1.165, 1.54) is 0 Å². The van der Waals surface area contributed by atoms with E-state index in [1.54, 1.807) is 31.4 Å². The van der Waals surface area contributed by atoms with Gasteiger partial charge in [-0.1, -0.05) is 11.6 Å². The maximum Gasteiger partial charge on any atom is 0.179 e. The molecule has 0 radical (unpaired) electrons. The van der Waals surface area contributed by atoms with Crippen LogP contribution in [0.5, 0.6) is 0 Å². The Balaban J connectivity index is 1.93. The number of hydrogen-bond acceptors (Lipinski definition) is 3. The molecule has 110 valence electrons. The Kier molecular flexibility index (Phi) is 5.58. The number of methoxy groups -OCH3 is 1. The van der Waals surface area contributed by atoms with Gasteiger partial charge in [-0.25, -0.2) is 0 Å². The third-order valence-electron chi connectivity index (χ3n) is 4.11. The summed E-state index contributed by atoms with van der Waals surface area (Å²) in [5, 5.41) is 0.662. The van der Waals surface area contributed by atoms with E-state index in [0.29, 0.717) is 10.9 Å². The molecular weight excluding hydrogens is 274 g/mol. The molecule has 1 fully saturated rings. The number of rotatable bonds is 5. The number of likely N-dealkylation sites (tertiary alicyclic amines) is 1. The minimum Gasteiger partial charge on any atom is -0.384 e. The molecule has 1 aliphatic heterocycles. The molecule has 4 heteroatoms. The number of hydrogen-bond donors (Lipinski definition) is 0. The van der Waals surface area contributed by atoms with Gasteiger partial charge in [0.15, 0.2) is 5.78 Å². The van der Waals surface area contributed by atoms with Crippen molar-refractivity contribution >= 4 is 17.4 Å². The highest BCUT2D eigenvalue weighted by Crippen LogP contribution is 2.21. The minimum absolute atomic E-state index is 0.0697. The number of ether oxygens (including phenoxy) is 1. The zero-order chi connectivity index (χ0) is 14.5. The monoisotopic (exact) mass is 295 g/mol. The summed E-state index contributed by atoms with van der Waals surface area (Å²) in [6.07, 6.45) is 2.21. The standard InChI is InChI=1S/C16H22ClNO2/c1-12(16(19)14-3-5-15(17)6-4-14)18-9-7-13(8-10-18)11-20-2/h3-6,12-13H,7-11H2,1-2H3. The molecule has 1 atom stereocenters. The summed E-state index contributed by atoms with van der Waals surface area (Å²) >= 11 is 5.86. The minimum atomic E-state index is -0.0697. The molecule has 0 N–H and O–H groups in total. The zero-order valence-electron chi connectivity index (χ0n) is 12.1. The maximum atomic E-state index is 12.5. The van der Waals surface area contributed by atoms with Gasteiger partial charge < -0.3 is 4.74 Å². The molecule has 1 unspecified atom stereocenters. The number of carbonyl (C=O) groups is 1. The van der Waals surface area contributed by atoms with Gasteiger partial charge in [0.2, 0.25) is 0 Å². The lowest BCUT2D eigenvalue weighted by Gasteiger charge is -2.35.